The van der Waals surface area contributed by atoms with Crippen molar-refractivity contribution in [2.45, 2.75) is 6.92 Å². The number of anilines is 1. The van der Waals surface area contributed by atoms with E-state index in [0.717, 1.165) is 10.0 Å². The van der Waals surface area contributed by atoms with Crippen molar-refractivity contribution in [3.63, 3.8) is 0 Å². The molecule has 0 unspecified atom stereocenters. The van der Waals surface area contributed by atoms with E-state index in [1.54, 1.807) is 12.1 Å². The molecule has 7 heteroatoms. The van der Waals surface area contributed by atoms with Gasteiger partial charge in [0, 0.05) is 16.2 Å². The molecule has 108 valence electrons. The van der Waals surface area contributed by atoms with Crippen LogP contribution in [0.25, 0.3) is 0 Å². The van der Waals surface area contributed by atoms with Crippen molar-refractivity contribution in [3.05, 3.63) is 67.1 Å². The van der Waals surface area contributed by atoms with Crippen LogP contribution in [0, 0.1) is 17.0 Å². The van der Waals surface area contributed by atoms with Crippen molar-refractivity contribution in [3.8, 4) is 0 Å². The van der Waals surface area contributed by atoms with Crippen molar-refractivity contribution in [2.24, 2.45) is 0 Å². The van der Waals surface area contributed by atoms with Gasteiger partial charge in [-0.3, -0.25) is 14.9 Å². The predicted molar refractivity (Wildman–Crippen MR) is 84.9 cm³/mol. The van der Waals surface area contributed by atoms with E-state index in [0.29, 0.717) is 5.69 Å². The Labute approximate surface area is 134 Å². The van der Waals surface area contributed by atoms with Crippen LogP contribution in [0.5, 0.6) is 0 Å². The van der Waals surface area contributed by atoms with Crippen LogP contribution in [0.2, 0.25) is 5.02 Å². The molecule has 0 spiro atoms. The normalized spacial score (nSPS) is 10.2. The molecule has 1 amide bonds. The van der Waals surface area contributed by atoms with Crippen LogP contribution < -0.4 is 5.32 Å². The third-order valence-electron chi connectivity index (χ3n) is 2.85. The summed E-state index contributed by atoms with van der Waals surface area (Å²) in [6.07, 6.45) is 0. The van der Waals surface area contributed by atoms with Crippen molar-refractivity contribution in [2.75, 3.05) is 5.32 Å². The van der Waals surface area contributed by atoms with E-state index in [4.69, 9.17) is 11.6 Å². The van der Waals surface area contributed by atoms with Gasteiger partial charge in [0.25, 0.3) is 11.6 Å². The average Bonchev–Trinajstić information content (AvgIpc) is 2.42. The smallest absolute Gasteiger partial charge is 0.283 e. The molecule has 0 radical (unpaired) electrons. The Morgan fingerprint density at radius 2 is 2.05 bits per heavy atom. The highest BCUT2D eigenvalue weighted by molar-refractivity contribution is 9.10. The highest BCUT2D eigenvalue weighted by Gasteiger charge is 2.23. The van der Waals surface area contributed by atoms with E-state index >= 15 is 0 Å². The highest BCUT2D eigenvalue weighted by atomic mass is 79.9. The highest BCUT2D eigenvalue weighted by Crippen LogP contribution is 2.28. The lowest BCUT2D eigenvalue weighted by Gasteiger charge is -2.08. The lowest BCUT2D eigenvalue weighted by Crippen LogP contribution is -2.14. The molecule has 2 rings (SSSR count). The second-order valence-electron chi connectivity index (χ2n) is 4.31. The SMILES string of the molecule is Cc1ccc(NC(=O)c2c(Cl)cccc2[N+](=O)[O-])cc1Br. The van der Waals surface area contributed by atoms with Gasteiger partial charge in [-0.2, -0.15) is 0 Å². The van der Waals surface area contributed by atoms with Crippen LogP contribution in [0.3, 0.4) is 0 Å². The van der Waals surface area contributed by atoms with Crippen molar-refractivity contribution in [1.82, 2.24) is 0 Å². The first-order valence-corrected chi connectivity index (χ1v) is 7.07. The van der Waals surface area contributed by atoms with Gasteiger partial charge in [0.05, 0.1) is 9.95 Å². The van der Waals surface area contributed by atoms with Crippen LogP contribution in [0.1, 0.15) is 15.9 Å². The topological polar surface area (TPSA) is 72.2 Å². The Morgan fingerprint density at radius 3 is 2.67 bits per heavy atom. The molecule has 0 aliphatic rings. The summed E-state index contributed by atoms with van der Waals surface area (Å²) in [7, 11) is 0. The van der Waals surface area contributed by atoms with E-state index in [1.807, 2.05) is 13.0 Å². The fourth-order valence-electron chi connectivity index (χ4n) is 1.75. The fraction of sp³-hybridized carbons (Fsp3) is 0.0714. The van der Waals surface area contributed by atoms with Crippen molar-refractivity contribution < 1.29 is 9.72 Å². The zero-order valence-electron chi connectivity index (χ0n) is 10.9. The second-order valence-corrected chi connectivity index (χ2v) is 5.57. The average molecular weight is 370 g/mol. The van der Waals surface area contributed by atoms with E-state index in [-0.39, 0.29) is 16.3 Å². The third kappa shape index (κ3) is 3.40. The molecule has 0 heterocycles. The molecule has 5 nitrogen and oxygen atoms in total. The minimum absolute atomic E-state index is 0.0351. The van der Waals surface area contributed by atoms with Gasteiger partial charge in [-0.1, -0.05) is 39.7 Å². The quantitative estimate of drug-likeness (QED) is 0.636. The number of nitro benzene ring substituents is 1. The molecule has 2 aromatic rings. The first-order chi connectivity index (χ1) is 9.90. The number of carbonyl (C=O) groups excluding carboxylic acids is 1. The van der Waals surface area contributed by atoms with Crippen molar-refractivity contribution >= 4 is 44.8 Å². The summed E-state index contributed by atoms with van der Waals surface area (Å²) in [5.74, 6) is -0.622. The number of carbonyl (C=O) groups is 1. The molecule has 0 saturated carbocycles. The lowest BCUT2D eigenvalue weighted by molar-refractivity contribution is -0.385. The summed E-state index contributed by atoms with van der Waals surface area (Å²) in [6.45, 7) is 1.91. The monoisotopic (exact) mass is 368 g/mol. The van der Waals surface area contributed by atoms with Gasteiger partial charge in [0.15, 0.2) is 0 Å². The van der Waals surface area contributed by atoms with Crippen LogP contribution in [0.4, 0.5) is 11.4 Å². The number of benzene rings is 2. The fourth-order valence-corrected chi connectivity index (χ4v) is 2.39. The number of amides is 1. The van der Waals surface area contributed by atoms with Gasteiger partial charge in [0.1, 0.15) is 5.56 Å². The largest absolute Gasteiger partial charge is 0.322 e. The molecule has 0 aliphatic heterocycles. The predicted octanol–water partition coefficient (Wildman–Crippen LogP) is 4.57. The molecule has 1 N–H and O–H groups in total. The van der Waals surface area contributed by atoms with Gasteiger partial charge < -0.3 is 5.32 Å². The molecular weight excluding hydrogens is 360 g/mol. The number of hydrogen-bond donors (Lipinski definition) is 1. The van der Waals surface area contributed by atoms with Crippen LogP contribution in [0.15, 0.2) is 40.9 Å². The minimum atomic E-state index is -0.633. The molecular formula is C14H10BrClN2O3. The maximum absolute atomic E-state index is 12.2. The number of halogens is 2. The summed E-state index contributed by atoms with van der Waals surface area (Å²) < 4.78 is 0.828. The number of nitrogens with zero attached hydrogens (tertiary/aromatic N) is 1. The minimum Gasteiger partial charge on any atom is -0.322 e. The summed E-state index contributed by atoms with van der Waals surface area (Å²) in [6, 6.07) is 9.36. The number of nitro groups is 1. The molecule has 0 aliphatic carbocycles. The Hall–Kier alpha value is -1.92. The molecule has 21 heavy (non-hydrogen) atoms. The molecule has 0 aromatic heterocycles. The van der Waals surface area contributed by atoms with E-state index < -0.39 is 10.8 Å². The number of rotatable bonds is 3. The standard InChI is InChI=1S/C14H10BrClN2O3/c1-8-5-6-9(7-10(8)15)17-14(19)13-11(16)3-2-4-12(13)18(20)21/h2-7H,1H3,(H,17,19). The van der Waals surface area contributed by atoms with E-state index in [1.165, 1.54) is 18.2 Å². The maximum atomic E-state index is 12.2. The van der Waals surface area contributed by atoms with Gasteiger partial charge in [-0.25, -0.2) is 0 Å². The van der Waals surface area contributed by atoms with Gasteiger partial charge in [0.2, 0.25) is 0 Å². The first-order valence-electron chi connectivity index (χ1n) is 5.90. The van der Waals surface area contributed by atoms with E-state index in [2.05, 4.69) is 21.2 Å². The van der Waals surface area contributed by atoms with Crippen LogP contribution in [-0.2, 0) is 0 Å². The Morgan fingerprint density at radius 1 is 1.33 bits per heavy atom. The maximum Gasteiger partial charge on any atom is 0.283 e. The molecule has 0 atom stereocenters. The zero-order valence-corrected chi connectivity index (χ0v) is 13.2. The molecule has 2 aromatic carbocycles. The number of nitrogens with one attached hydrogen (secondary N) is 1. The second kappa shape index (κ2) is 6.24. The zero-order chi connectivity index (χ0) is 15.6. The van der Waals surface area contributed by atoms with Crippen LogP contribution in [-0.4, -0.2) is 10.8 Å². The molecule has 0 saturated heterocycles. The number of hydrogen-bond acceptors (Lipinski definition) is 3. The van der Waals surface area contributed by atoms with Gasteiger partial charge in [-0.05, 0) is 30.7 Å². The van der Waals surface area contributed by atoms with Crippen molar-refractivity contribution in [1.29, 1.82) is 0 Å². The Balaban J connectivity index is 2.36. The summed E-state index contributed by atoms with van der Waals surface area (Å²) in [4.78, 5) is 22.6. The van der Waals surface area contributed by atoms with Gasteiger partial charge >= 0.3 is 0 Å². The van der Waals surface area contributed by atoms with E-state index in [9.17, 15) is 14.9 Å². The van der Waals surface area contributed by atoms with Gasteiger partial charge in [-0.15, -0.1) is 0 Å². The third-order valence-corrected chi connectivity index (χ3v) is 4.01. The first kappa shape index (κ1) is 15.5. The lowest BCUT2D eigenvalue weighted by atomic mass is 10.1. The Kier molecular flexibility index (Phi) is 4.59. The summed E-state index contributed by atoms with van der Waals surface area (Å²) in [5.41, 5.74) is 1.05. The molecule has 0 bridgehead atoms. The summed E-state index contributed by atoms with van der Waals surface area (Å²) >= 11 is 9.28. The summed E-state index contributed by atoms with van der Waals surface area (Å²) in [5, 5.41) is 13.6. The molecule has 0 fully saturated rings. The Bertz CT molecular complexity index is 734. The van der Waals surface area contributed by atoms with Crippen LogP contribution >= 0.6 is 27.5 Å². The number of aryl methyl sites for hydroxylation is 1.